The fourth-order valence-electron chi connectivity index (χ4n) is 4.09. The molecule has 1 aromatic rings. The molecule has 1 heterocycles. The Labute approximate surface area is 223 Å². The number of hydrogen-bond donors (Lipinski definition) is 4. The predicted molar refractivity (Wildman–Crippen MR) is 143 cm³/mol. The number of likely N-dealkylation sites (tertiary alicyclic amines) is 1. The number of amides is 2. The van der Waals surface area contributed by atoms with Gasteiger partial charge in [0.1, 0.15) is 28.2 Å². The van der Waals surface area contributed by atoms with Crippen molar-refractivity contribution in [3.05, 3.63) is 35.9 Å². The monoisotopic (exact) mass is 572 g/mol. The minimum absolute atomic E-state index is 0.0818. The van der Waals surface area contributed by atoms with Crippen molar-refractivity contribution in [1.82, 2.24) is 14.9 Å². The highest BCUT2D eigenvalue weighted by Gasteiger charge is 2.39. The van der Waals surface area contributed by atoms with E-state index < -0.39 is 61.3 Å². The molecule has 6 N–H and O–H groups in total. The molecule has 15 heteroatoms. The van der Waals surface area contributed by atoms with E-state index in [-0.39, 0.29) is 31.9 Å². The minimum atomic E-state index is -4.02. The van der Waals surface area contributed by atoms with Crippen molar-refractivity contribution in [3.8, 4) is 0 Å². The molecule has 2 amide bonds. The molecule has 2 rings (SSSR count). The SMILES string of the molecule is CS(=O)(=O)CC[C@H](NS(=O)(=O)Cc1ccccc1)C(=O)N1CCC[C@H]1C(=O)N[C@H](C=O)CCCN=C(N)N. The summed E-state index contributed by atoms with van der Waals surface area (Å²) in [5.74, 6) is -2.16. The van der Waals surface area contributed by atoms with Crippen molar-refractivity contribution in [2.24, 2.45) is 16.5 Å². The molecule has 212 valence electrons. The molecule has 38 heavy (non-hydrogen) atoms. The topological polar surface area (TPSA) is 211 Å². The van der Waals surface area contributed by atoms with Gasteiger partial charge in [0.15, 0.2) is 5.96 Å². The van der Waals surface area contributed by atoms with Gasteiger partial charge in [-0.05, 0) is 37.7 Å². The summed E-state index contributed by atoms with van der Waals surface area (Å²) in [7, 11) is -7.53. The second-order valence-electron chi connectivity index (χ2n) is 9.22. The number of benzene rings is 1. The van der Waals surface area contributed by atoms with Crippen LogP contribution in [0, 0.1) is 0 Å². The van der Waals surface area contributed by atoms with Crippen molar-refractivity contribution in [2.45, 2.75) is 56.0 Å². The summed E-state index contributed by atoms with van der Waals surface area (Å²) in [4.78, 5) is 43.0. The second-order valence-corrected chi connectivity index (χ2v) is 13.2. The number of hydrogen-bond acceptors (Lipinski definition) is 8. The van der Waals surface area contributed by atoms with Gasteiger partial charge in [-0.1, -0.05) is 30.3 Å². The van der Waals surface area contributed by atoms with E-state index in [1.54, 1.807) is 30.3 Å². The molecule has 1 aliphatic heterocycles. The van der Waals surface area contributed by atoms with Crippen LogP contribution >= 0.6 is 0 Å². The number of carbonyl (C=O) groups is 3. The van der Waals surface area contributed by atoms with E-state index in [0.29, 0.717) is 31.1 Å². The van der Waals surface area contributed by atoms with Gasteiger partial charge >= 0.3 is 0 Å². The summed E-state index contributed by atoms with van der Waals surface area (Å²) in [6, 6.07) is 5.20. The van der Waals surface area contributed by atoms with Gasteiger partial charge in [-0.3, -0.25) is 14.6 Å². The molecule has 1 aromatic carbocycles. The molecule has 0 aromatic heterocycles. The second kappa shape index (κ2) is 14.2. The summed E-state index contributed by atoms with van der Waals surface area (Å²) in [6.07, 6.45) is 2.79. The lowest BCUT2D eigenvalue weighted by Gasteiger charge is -2.29. The molecule has 3 atom stereocenters. The van der Waals surface area contributed by atoms with Crippen molar-refractivity contribution in [3.63, 3.8) is 0 Å². The van der Waals surface area contributed by atoms with Gasteiger partial charge in [0.2, 0.25) is 21.8 Å². The zero-order chi connectivity index (χ0) is 28.3. The lowest BCUT2D eigenvalue weighted by Crippen LogP contribution is -2.55. The van der Waals surface area contributed by atoms with E-state index in [4.69, 9.17) is 11.5 Å². The Morgan fingerprint density at radius 1 is 1.16 bits per heavy atom. The van der Waals surface area contributed by atoms with Crippen LogP contribution in [-0.2, 0) is 40.0 Å². The van der Waals surface area contributed by atoms with Gasteiger partial charge in [0, 0.05) is 19.3 Å². The van der Waals surface area contributed by atoms with Gasteiger partial charge in [0.25, 0.3) is 0 Å². The van der Waals surface area contributed by atoms with Crippen LogP contribution in [0.25, 0.3) is 0 Å². The molecule has 0 bridgehead atoms. The van der Waals surface area contributed by atoms with Gasteiger partial charge in [-0.25, -0.2) is 21.6 Å². The van der Waals surface area contributed by atoms with E-state index in [9.17, 15) is 31.2 Å². The number of aldehydes is 1. The predicted octanol–water partition coefficient (Wildman–Crippen LogP) is -1.36. The zero-order valence-electron chi connectivity index (χ0n) is 21.3. The van der Waals surface area contributed by atoms with Crippen molar-refractivity contribution >= 4 is 43.9 Å². The molecule has 1 aliphatic rings. The van der Waals surface area contributed by atoms with E-state index >= 15 is 0 Å². The van der Waals surface area contributed by atoms with Crippen molar-refractivity contribution in [2.75, 3.05) is 25.1 Å². The molecule has 1 saturated heterocycles. The Morgan fingerprint density at radius 2 is 1.84 bits per heavy atom. The standard InChI is InChI=1S/C23H36N6O7S2/c1-37(33,34)14-11-19(28-38(35,36)16-17-7-3-2-4-8-17)22(32)29-13-6-10-20(29)21(31)27-18(15-30)9-5-12-26-23(24)25/h2-4,7-8,15,18-20,28H,5-6,9-14,16H2,1H3,(H,27,31)(H4,24,25,26)/t18-,19-,20-/m0/s1. The number of carbonyl (C=O) groups excluding carboxylic acids is 3. The highest BCUT2D eigenvalue weighted by Crippen LogP contribution is 2.20. The third kappa shape index (κ3) is 10.8. The normalized spacial score (nSPS) is 17.4. The first-order valence-electron chi connectivity index (χ1n) is 12.1. The Bertz CT molecular complexity index is 1200. The fourth-order valence-corrected chi connectivity index (χ4v) is 6.12. The lowest BCUT2D eigenvalue weighted by molar-refractivity contribution is -0.140. The van der Waals surface area contributed by atoms with E-state index in [2.05, 4.69) is 15.0 Å². The Hall–Kier alpha value is -3.04. The summed E-state index contributed by atoms with van der Waals surface area (Å²) in [5.41, 5.74) is 11.0. The van der Waals surface area contributed by atoms with Gasteiger partial charge in [-0.2, -0.15) is 0 Å². The number of sulfonamides is 1. The Kier molecular flexibility index (Phi) is 11.7. The van der Waals surface area contributed by atoms with Crippen LogP contribution in [0.4, 0.5) is 0 Å². The maximum atomic E-state index is 13.5. The van der Waals surface area contributed by atoms with Crippen LogP contribution in [0.15, 0.2) is 35.3 Å². The number of rotatable bonds is 15. The molecule has 1 fully saturated rings. The third-order valence-corrected chi connectivity index (χ3v) is 8.23. The molecule has 0 spiro atoms. The van der Waals surface area contributed by atoms with Crippen molar-refractivity contribution < 1.29 is 31.2 Å². The van der Waals surface area contributed by atoms with Crippen LogP contribution in [0.3, 0.4) is 0 Å². The van der Waals surface area contributed by atoms with Gasteiger partial charge in [-0.15, -0.1) is 0 Å². The summed E-state index contributed by atoms with van der Waals surface area (Å²) < 4.78 is 51.6. The van der Waals surface area contributed by atoms with Crippen LogP contribution in [-0.4, -0.2) is 89.0 Å². The maximum Gasteiger partial charge on any atom is 0.243 e. The molecule has 0 saturated carbocycles. The first-order valence-corrected chi connectivity index (χ1v) is 15.9. The lowest BCUT2D eigenvalue weighted by atomic mass is 10.1. The summed E-state index contributed by atoms with van der Waals surface area (Å²) >= 11 is 0. The van der Waals surface area contributed by atoms with Crippen LogP contribution in [0.1, 0.15) is 37.7 Å². The fraction of sp³-hybridized carbons (Fsp3) is 0.565. The van der Waals surface area contributed by atoms with Gasteiger partial charge in [0.05, 0.1) is 17.5 Å². The average molecular weight is 573 g/mol. The molecular formula is C23H36N6O7S2. The highest BCUT2D eigenvalue weighted by molar-refractivity contribution is 7.90. The van der Waals surface area contributed by atoms with Crippen molar-refractivity contribution in [1.29, 1.82) is 0 Å². The highest BCUT2D eigenvalue weighted by atomic mass is 32.2. The van der Waals surface area contributed by atoms with E-state index in [1.807, 2.05) is 0 Å². The largest absolute Gasteiger partial charge is 0.370 e. The summed E-state index contributed by atoms with van der Waals surface area (Å²) in [5, 5.41) is 2.61. The van der Waals surface area contributed by atoms with E-state index in [0.717, 1.165) is 6.26 Å². The maximum absolute atomic E-state index is 13.5. The first-order chi connectivity index (χ1) is 17.8. The average Bonchev–Trinajstić information content (AvgIpc) is 3.33. The Balaban J connectivity index is 2.14. The molecule has 13 nitrogen and oxygen atoms in total. The molecular weight excluding hydrogens is 536 g/mol. The van der Waals surface area contributed by atoms with E-state index in [1.165, 1.54) is 4.90 Å². The number of aliphatic imine (C=N–C) groups is 1. The summed E-state index contributed by atoms with van der Waals surface area (Å²) in [6.45, 7) is 0.463. The smallest absolute Gasteiger partial charge is 0.243 e. The van der Waals surface area contributed by atoms with Crippen LogP contribution in [0.2, 0.25) is 0 Å². The molecule has 0 radical (unpaired) electrons. The number of guanidine groups is 1. The van der Waals surface area contributed by atoms with Gasteiger partial charge < -0.3 is 26.5 Å². The number of nitrogens with zero attached hydrogens (tertiary/aromatic N) is 2. The van der Waals surface area contributed by atoms with Crippen LogP contribution < -0.4 is 21.5 Å². The molecule has 0 unspecified atom stereocenters. The minimum Gasteiger partial charge on any atom is -0.370 e. The number of sulfone groups is 1. The zero-order valence-corrected chi connectivity index (χ0v) is 22.9. The third-order valence-electron chi connectivity index (χ3n) is 5.89. The quantitative estimate of drug-likeness (QED) is 0.0844. The molecule has 0 aliphatic carbocycles. The van der Waals surface area contributed by atoms with Crippen LogP contribution in [0.5, 0.6) is 0 Å². The first kappa shape index (κ1) is 31.2. The number of nitrogens with one attached hydrogen (secondary N) is 2. The number of nitrogens with two attached hydrogens (primary N) is 2. The Morgan fingerprint density at radius 3 is 2.45 bits per heavy atom.